The molecule has 156 valence electrons. The molecule has 0 aliphatic carbocycles. The van der Waals surface area contributed by atoms with Crippen LogP contribution in [0.15, 0.2) is 23.1 Å². The molecule has 2 aliphatic rings. The fourth-order valence-electron chi connectivity index (χ4n) is 4.46. The molecule has 2 saturated heterocycles. The first-order valence-electron chi connectivity index (χ1n) is 9.86. The minimum atomic E-state index is -3.78. The van der Waals surface area contributed by atoms with Gasteiger partial charge in [-0.15, -0.1) is 0 Å². The monoisotopic (exact) mass is 411 g/mol. The van der Waals surface area contributed by atoms with Crippen LogP contribution in [0.4, 0.5) is 11.4 Å². The van der Waals surface area contributed by atoms with Gasteiger partial charge in [-0.25, -0.2) is 8.42 Å². The molecule has 0 radical (unpaired) electrons. The lowest BCUT2D eigenvalue weighted by molar-refractivity contribution is -0.384. The molecule has 8 nitrogen and oxygen atoms in total. The molecule has 9 heteroatoms. The Morgan fingerprint density at radius 2 is 1.89 bits per heavy atom. The number of nitrogens with zero attached hydrogens (tertiary/aromatic N) is 3. The molecule has 0 spiro atoms. The third-order valence-corrected chi connectivity index (χ3v) is 7.56. The van der Waals surface area contributed by atoms with Gasteiger partial charge in [-0.05, 0) is 49.1 Å². The summed E-state index contributed by atoms with van der Waals surface area (Å²) in [7, 11) is -3.78. The van der Waals surface area contributed by atoms with E-state index in [1.807, 2.05) is 18.7 Å². The van der Waals surface area contributed by atoms with E-state index in [1.54, 1.807) is 6.07 Å². The molecule has 0 saturated carbocycles. The maximum atomic E-state index is 13.1. The van der Waals surface area contributed by atoms with Crippen molar-refractivity contribution in [2.24, 2.45) is 17.8 Å². The lowest BCUT2D eigenvalue weighted by atomic mass is 9.94. The largest absolute Gasteiger partial charge is 0.396 e. The van der Waals surface area contributed by atoms with Crippen molar-refractivity contribution in [3.05, 3.63) is 28.3 Å². The molecular weight excluding hydrogens is 382 g/mol. The smallest absolute Gasteiger partial charge is 0.293 e. The van der Waals surface area contributed by atoms with E-state index in [2.05, 4.69) is 0 Å². The fourth-order valence-corrected chi connectivity index (χ4v) is 6.16. The first kappa shape index (κ1) is 21.0. The van der Waals surface area contributed by atoms with Crippen molar-refractivity contribution in [3.63, 3.8) is 0 Å². The molecule has 2 heterocycles. The van der Waals surface area contributed by atoms with Crippen LogP contribution in [0.3, 0.4) is 0 Å². The van der Waals surface area contributed by atoms with E-state index in [0.717, 1.165) is 19.3 Å². The first-order valence-corrected chi connectivity index (χ1v) is 11.3. The summed E-state index contributed by atoms with van der Waals surface area (Å²) in [5, 5.41) is 21.1. The van der Waals surface area contributed by atoms with Crippen LogP contribution in [-0.4, -0.2) is 55.5 Å². The Kier molecular flexibility index (Phi) is 6.26. The summed E-state index contributed by atoms with van der Waals surface area (Å²) in [6.45, 7) is 6.16. The van der Waals surface area contributed by atoms with Gasteiger partial charge in [0.25, 0.3) is 5.69 Å². The molecule has 1 N–H and O–H groups in total. The van der Waals surface area contributed by atoms with E-state index in [0.29, 0.717) is 31.9 Å². The van der Waals surface area contributed by atoms with E-state index in [4.69, 9.17) is 0 Å². The number of hydrogen-bond donors (Lipinski definition) is 1. The van der Waals surface area contributed by atoms with E-state index in [9.17, 15) is 23.6 Å². The van der Waals surface area contributed by atoms with Crippen LogP contribution in [-0.2, 0) is 10.0 Å². The molecule has 1 aromatic carbocycles. The number of aliphatic hydroxyl groups is 1. The number of rotatable bonds is 5. The summed E-state index contributed by atoms with van der Waals surface area (Å²) >= 11 is 0. The maximum absolute atomic E-state index is 13.1. The molecule has 3 rings (SSSR count). The summed E-state index contributed by atoms with van der Waals surface area (Å²) in [6, 6.07) is 4.21. The van der Waals surface area contributed by atoms with Gasteiger partial charge in [0.05, 0.1) is 9.82 Å². The summed E-state index contributed by atoms with van der Waals surface area (Å²) in [4.78, 5) is 13.0. The number of sulfonamides is 1. The van der Waals surface area contributed by atoms with Crippen molar-refractivity contribution in [1.29, 1.82) is 0 Å². The lowest BCUT2D eigenvalue weighted by Gasteiger charge is -2.34. The van der Waals surface area contributed by atoms with Crippen molar-refractivity contribution in [2.45, 2.75) is 38.0 Å². The van der Waals surface area contributed by atoms with Gasteiger partial charge in [0.1, 0.15) is 5.69 Å². The summed E-state index contributed by atoms with van der Waals surface area (Å²) in [5.74, 6) is 0.598. The standard InChI is InChI=1S/C19H29N3O5S/c1-14-8-15(2)11-21(10-14)28(26,27)17-5-6-18(19(9-17)22(24)25)20-7-3-4-16(12-20)13-23/h5-6,9,14-16,23H,3-4,7-8,10-13H2,1-2H3/t14-,15-,16-/m1/s1. The van der Waals surface area contributed by atoms with Crippen molar-refractivity contribution >= 4 is 21.4 Å². The highest BCUT2D eigenvalue weighted by atomic mass is 32.2. The number of aliphatic hydroxyl groups excluding tert-OH is 1. The van der Waals surface area contributed by atoms with Gasteiger partial charge in [0.15, 0.2) is 0 Å². The average Bonchev–Trinajstić information content (AvgIpc) is 2.66. The number of anilines is 1. The van der Waals surface area contributed by atoms with Gasteiger partial charge in [-0.1, -0.05) is 13.8 Å². The number of nitro groups is 1. The molecule has 1 aromatic rings. The maximum Gasteiger partial charge on any atom is 0.293 e. The Morgan fingerprint density at radius 1 is 1.21 bits per heavy atom. The predicted molar refractivity (Wildman–Crippen MR) is 107 cm³/mol. The number of piperidine rings is 2. The highest BCUT2D eigenvalue weighted by Gasteiger charge is 2.34. The van der Waals surface area contributed by atoms with Crippen LogP contribution in [0.25, 0.3) is 0 Å². The molecule has 0 amide bonds. The van der Waals surface area contributed by atoms with E-state index in [1.165, 1.54) is 16.4 Å². The quantitative estimate of drug-likeness (QED) is 0.590. The van der Waals surface area contributed by atoms with E-state index in [-0.39, 0.29) is 34.9 Å². The normalized spacial score (nSPS) is 27.0. The van der Waals surface area contributed by atoms with Gasteiger partial charge in [-0.2, -0.15) is 4.31 Å². The van der Waals surface area contributed by atoms with Crippen molar-refractivity contribution in [1.82, 2.24) is 4.31 Å². The van der Waals surface area contributed by atoms with Crippen molar-refractivity contribution in [2.75, 3.05) is 37.7 Å². The highest BCUT2D eigenvalue weighted by molar-refractivity contribution is 7.89. The second-order valence-corrected chi connectivity index (χ2v) is 10.3. The Labute approximate surface area is 166 Å². The van der Waals surface area contributed by atoms with Crippen LogP contribution in [0.5, 0.6) is 0 Å². The highest BCUT2D eigenvalue weighted by Crippen LogP contribution is 2.35. The topological polar surface area (TPSA) is 104 Å². The predicted octanol–water partition coefficient (Wildman–Crippen LogP) is 2.47. The Hall–Kier alpha value is -1.71. The zero-order valence-corrected chi connectivity index (χ0v) is 17.3. The molecule has 2 fully saturated rings. The lowest BCUT2D eigenvalue weighted by Crippen LogP contribution is -2.42. The minimum absolute atomic E-state index is 0.0278. The first-order chi connectivity index (χ1) is 13.2. The number of benzene rings is 1. The van der Waals surface area contributed by atoms with Crippen LogP contribution < -0.4 is 4.90 Å². The van der Waals surface area contributed by atoms with E-state index >= 15 is 0 Å². The molecule has 3 atom stereocenters. The van der Waals surface area contributed by atoms with Crippen LogP contribution in [0, 0.1) is 27.9 Å². The van der Waals surface area contributed by atoms with Crippen molar-refractivity contribution in [3.8, 4) is 0 Å². The van der Waals surface area contributed by atoms with Crippen LogP contribution in [0.1, 0.15) is 33.1 Å². The van der Waals surface area contributed by atoms with Crippen LogP contribution >= 0.6 is 0 Å². The summed E-state index contributed by atoms with van der Waals surface area (Å²) < 4.78 is 27.6. The second-order valence-electron chi connectivity index (χ2n) is 8.31. The Bertz CT molecular complexity index is 819. The van der Waals surface area contributed by atoms with Gasteiger partial charge < -0.3 is 10.0 Å². The summed E-state index contributed by atoms with van der Waals surface area (Å²) in [5.41, 5.74) is 0.222. The molecular formula is C19H29N3O5S. The molecule has 0 bridgehead atoms. The Morgan fingerprint density at radius 3 is 2.50 bits per heavy atom. The molecule has 28 heavy (non-hydrogen) atoms. The van der Waals surface area contributed by atoms with Crippen LogP contribution in [0.2, 0.25) is 0 Å². The Balaban J connectivity index is 1.93. The van der Waals surface area contributed by atoms with E-state index < -0.39 is 14.9 Å². The van der Waals surface area contributed by atoms with Gasteiger partial charge in [0.2, 0.25) is 10.0 Å². The van der Waals surface area contributed by atoms with Gasteiger partial charge >= 0.3 is 0 Å². The summed E-state index contributed by atoms with van der Waals surface area (Å²) in [6.07, 6.45) is 2.71. The molecule has 2 aliphatic heterocycles. The minimum Gasteiger partial charge on any atom is -0.396 e. The zero-order valence-electron chi connectivity index (χ0n) is 16.5. The zero-order chi connectivity index (χ0) is 20.5. The van der Waals surface area contributed by atoms with Gasteiger partial charge in [0, 0.05) is 38.9 Å². The second kappa shape index (κ2) is 8.34. The number of nitro benzene ring substituents is 1. The SMILES string of the molecule is C[C@@H]1C[C@@H](C)CN(S(=O)(=O)c2ccc(N3CCC[C@@H](CO)C3)c([N+](=O)[O-])c2)C1. The third kappa shape index (κ3) is 4.31. The van der Waals surface area contributed by atoms with Gasteiger partial charge in [-0.3, -0.25) is 10.1 Å². The number of hydrogen-bond acceptors (Lipinski definition) is 6. The fraction of sp³-hybridized carbons (Fsp3) is 0.684. The average molecular weight is 412 g/mol. The third-order valence-electron chi connectivity index (χ3n) is 5.73. The molecule has 0 aromatic heterocycles. The molecule has 0 unspecified atom stereocenters. The van der Waals surface area contributed by atoms with Crippen molar-refractivity contribution < 1.29 is 18.4 Å².